The number of nitrogens with zero attached hydrogens (tertiary/aromatic N) is 1. The number of piperidine rings is 1. The number of hydrogen-bond acceptors (Lipinski definition) is 5. The number of aromatic hydroxyl groups is 1. The number of rotatable bonds is 2. The SMILES string of the molecule is C[C@]12Oc3c(O)ccc4c3[C@@]13CCN(CC1CC1)[C@H](C4)[C@]3(O)CCC2N. The van der Waals surface area contributed by atoms with E-state index in [2.05, 4.69) is 11.8 Å². The van der Waals surface area contributed by atoms with Crippen LogP contribution < -0.4 is 10.5 Å². The second-order valence-corrected chi connectivity index (χ2v) is 9.54. The third-order valence-corrected chi connectivity index (χ3v) is 8.46. The van der Waals surface area contributed by atoms with Crippen molar-refractivity contribution in [3.63, 3.8) is 0 Å². The van der Waals surface area contributed by atoms with Crippen LogP contribution in [0.1, 0.15) is 50.2 Å². The third kappa shape index (κ3) is 1.53. The van der Waals surface area contributed by atoms with Crippen LogP contribution in [0.2, 0.25) is 0 Å². The molecule has 2 bridgehead atoms. The lowest BCUT2D eigenvalue weighted by molar-refractivity contribution is -0.216. The highest BCUT2D eigenvalue weighted by Crippen LogP contribution is 2.69. The minimum atomic E-state index is -0.837. The van der Waals surface area contributed by atoms with Crippen LogP contribution in [0.25, 0.3) is 0 Å². The zero-order valence-electron chi connectivity index (χ0n) is 15.4. The number of nitrogens with two attached hydrogens (primary N) is 1. The first-order chi connectivity index (χ1) is 12.4. The Balaban J connectivity index is 1.60. The van der Waals surface area contributed by atoms with Crippen LogP contribution >= 0.6 is 0 Å². The molecule has 5 atom stereocenters. The number of hydrogen-bond donors (Lipinski definition) is 3. The van der Waals surface area contributed by atoms with Crippen molar-refractivity contribution < 1.29 is 14.9 Å². The lowest BCUT2D eigenvalue weighted by Crippen LogP contribution is -2.81. The molecule has 2 saturated carbocycles. The molecule has 0 radical (unpaired) electrons. The van der Waals surface area contributed by atoms with E-state index in [0.717, 1.165) is 43.8 Å². The monoisotopic (exact) mass is 356 g/mol. The molecule has 5 heteroatoms. The molecule has 1 aromatic rings. The molecule has 3 aliphatic carbocycles. The van der Waals surface area contributed by atoms with Crippen molar-refractivity contribution in [1.29, 1.82) is 0 Å². The molecule has 1 unspecified atom stereocenters. The maximum Gasteiger partial charge on any atom is 0.166 e. The first-order valence-electron chi connectivity index (χ1n) is 10.2. The number of phenolic OH excluding ortho intramolecular Hbond substituents is 1. The topological polar surface area (TPSA) is 79.0 Å². The third-order valence-electron chi connectivity index (χ3n) is 8.46. The van der Waals surface area contributed by atoms with Crippen LogP contribution in [0, 0.1) is 5.92 Å². The van der Waals surface area contributed by atoms with Gasteiger partial charge in [0.2, 0.25) is 0 Å². The molecule has 140 valence electrons. The van der Waals surface area contributed by atoms with E-state index >= 15 is 0 Å². The van der Waals surface area contributed by atoms with Gasteiger partial charge < -0.3 is 20.7 Å². The maximum absolute atomic E-state index is 12.2. The van der Waals surface area contributed by atoms with Gasteiger partial charge >= 0.3 is 0 Å². The summed E-state index contributed by atoms with van der Waals surface area (Å²) in [5, 5.41) is 22.7. The first kappa shape index (κ1) is 15.7. The number of likely N-dealkylation sites (tertiary alicyclic amines) is 1. The summed E-state index contributed by atoms with van der Waals surface area (Å²) in [6, 6.07) is 3.77. The molecular formula is C21H28N2O3. The molecule has 5 nitrogen and oxygen atoms in total. The van der Waals surface area contributed by atoms with Crippen LogP contribution in [0.15, 0.2) is 12.1 Å². The average Bonchev–Trinajstić information content (AvgIpc) is 3.36. The van der Waals surface area contributed by atoms with Gasteiger partial charge in [-0.3, -0.25) is 4.90 Å². The van der Waals surface area contributed by atoms with E-state index in [1.54, 1.807) is 6.07 Å². The van der Waals surface area contributed by atoms with Gasteiger partial charge in [0.25, 0.3) is 0 Å². The highest BCUT2D eigenvalue weighted by atomic mass is 16.5. The Morgan fingerprint density at radius 1 is 1.27 bits per heavy atom. The van der Waals surface area contributed by atoms with Gasteiger partial charge in [0.15, 0.2) is 11.5 Å². The Labute approximate surface area is 154 Å². The largest absolute Gasteiger partial charge is 0.504 e. The van der Waals surface area contributed by atoms with Crippen LogP contribution in [0.3, 0.4) is 0 Å². The molecule has 2 heterocycles. The van der Waals surface area contributed by atoms with Crippen molar-refractivity contribution in [3.8, 4) is 11.5 Å². The van der Waals surface area contributed by atoms with E-state index in [9.17, 15) is 10.2 Å². The fourth-order valence-electron chi connectivity index (χ4n) is 6.97. The van der Waals surface area contributed by atoms with Crippen molar-refractivity contribution in [2.75, 3.05) is 13.1 Å². The van der Waals surface area contributed by atoms with E-state index in [1.807, 2.05) is 6.07 Å². The number of phenols is 1. The van der Waals surface area contributed by atoms with Crippen molar-refractivity contribution in [3.05, 3.63) is 23.3 Å². The minimum absolute atomic E-state index is 0.121. The van der Waals surface area contributed by atoms with E-state index in [-0.39, 0.29) is 17.8 Å². The zero-order valence-corrected chi connectivity index (χ0v) is 15.4. The summed E-state index contributed by atoms with van der Waals surface area (Å²) < 4.78 is 6.45. The van der Waals surface area contributed by atoms with Gasteiger partial charge in [-0.1, -0.05) is 6.07 Å². The molecule has 0 aromatic heterocycles. The van der Waals surface area contributed by atoms with E-state index in [1.165, 1.54) is 18.4 Å². The van der Waals surface area contributed by atoms with Gasteiger partial charge in [0.05, 0.1) is 11.0 Å². The smallest absolute Gasteiger partial charge is 0.166 e. The van der Waals surface area contributed by atoms with Crippen molar-refractivity contribution in [2.45, 2.75) is 74.1 Å². The normalized spacial score (nSPS) is 46.0. The summed E-state index contributed by atoms with van der Waals surface area (Å²) in [6.07, 6.45) is 5.81. The Kier molecular flexibility index (Phi) is 2.76. The molecule has 5 aliphatic rings. The molecule has 6 rings (SSSR count). The second-order valence-electron chi connectivity index (χ2n) is 9.54. The van der Waals surface area contributed by atoms with Crippen molar-refractivity contribution in [1.82, 2.24) is 4.90 Å². The molecule has 2 aliphatic heterocycles. The molecule has 4 N–H and O–H groups in total. The summed E-state index contributed by atoms with van der Waals surface area (Å²) in [5.41, 5.74) is 6.87. The molecule has 1 spiro atoms. The standard InChI is InChI=1S/C21H28N2O3/c1-19-15(22)6-7-21(25)16-10-13-4-5-14(24)18(26-19)17(13)20(19,21)8-9-23(16)11-12-2-3-12/h4-5,12,15-16,24-25H,2-3,6-11,22H2,1H3/t15?,16-,19-,20+,21-/m1/s1. The molecule has 1 saturated heterocycles. The van der Waals surface area contributed by atoms with Crippen molar-refractivity contribution >= 4 is 0 Å². The lowest BCUT2D eigenvalue weighted by atomic mass is 9.44. The lowest BCUT2D eigenvalue weighted by Gasteiger charge is -2.67. The summed E-state index contributed by atoms with van der Waals surface area (Å²) >= 11 is 0. The van der Waals surface area contributed by atoms with E-state index < -0.39 is 16.6 Å². The Bertz CT molecular complexity index is 809. The molecule has 26 heavy (non-hydrogen) atoms. The Morgan fingerprint density at radius 3 is 2.85 bits per heavy atom. The Morgan fingerprint density at radius 2 is 2.08 bits per heavy atom. The van der Waals surface area contributed by atoms with Crippen LogP contribution in [0.5, 0.6) is 11.5 Å². The number of benzene rings is 1. The van der Waals surface area contributed by atoms with Gasteiger partial charge in [-0.25, -0.2) is 0 Å². The molecule has 1 aromatic carbocycles. The summed E-state index contributed by atoms with van der Waals surface area (Å²) in [7, 11) is 0. The van der Waals surface area contributed by atoms with Gasteiger partial charge in [-0.15, -0.1) is 0 Å². The Hall–Kier alpha value is -1.30. The summed E-state index contributed by atoms with van der Waals surface area (Å²) in [6.45, 7) is 4.15. The average molecular weight is 356 g/mol. The summed E-state index contributed by atoms with van der Waals surface area (Å²) in [4.78, 5) is 2.55. The highest BCUT2D eigenvalue weighted by Gasteiger charge is 2.77. The molecule has 3 fully saturated rings. The highest BCUT2D eigenvalue weighted by molar-refractivity contribution is 5.64. The maximum atomic E-state index is 12.2. The second kappa shape index (κ2) is 4.57. The van der Waals surface area contributed by atoms with Gasteiger partial charge in [0.1, 0.15) is 5.60 Å². The fourth-order valence-corrected chi connectivity index (χ4v) is 6.97. The minimum Gasteiger partial charge on any atom is -0.504 e. The predicted molar refractivity (Wildman–Crippen MR) is 97.4 cm³/mol. The summed E-state index contributed by atoms with van der Waals surface area (Å²) in [5.74, 6) is 1.57. The van der Waals surface area contributed by atoms with Crippen LogP contribution in [-0.2, 0) is 11.8 Å². The van der Waals surface area contributed by atoms with Crippen molar-refractivity contribution in [2.24, 2.45) is 11.7 Å². The zero-order chi connectivity index (χ0) is 17.9. The molecular weight excluding hydrogens is 328 g/mol. The van der Waals surface area contributed by atoms with Crippen LogP contribution in [-0.4, -0.2) is 51.5 Å². The number of ether oxygens (including phenoxy) is 1. The first-order valence-corrected chi connectivity index (χ1v) is 10.2. The van der Waals surface area contributed by atoms with Crippen LogP contribution in [0.4, 0.5) is 0 Å². The molecule has 0 amide bonds. The van der Waals surface area contributed by atoms with E-state index in [0.29, 0.717) is 12.2 Å². The fraction of sp³-hybridized carbons (Fsp3) is 0.714. The quantitative estimate of drug-likeness (QED) is 0.751. The van der Waals surface area contributed by atoms with E-state index in [4.69, 9.17) is 10.5 Å². The van der Waals surface area contributed by atoms with Gasteiger partial charge in [-0.2, -0.15) is 0 Å². The predicted octanol–water partition coefficient (Wildman–Crippen LogP) is 1.67. The van der Waals surface area contributed by atoms with Gasteiger partial charge in [0, 0.05) is 24.2 Å². The number of aliphatic hydroxyl groups is 1. The van der Waals surface area contributed by atoms with Gasteiger partial charge in [-0.05, 0) is 69.5 Å².